The molecule has 11 heavy (non-hydrogen) atoms. The number of carbonyl (C=O) groups is 1. The molecule has 0 aliphatic carbocycles. The molecule has 4 nitrogen and oxygen atoms in total. The minimum atomic E-state index is -1.11. The van der Waals surface area contributed by atoms with Crippen molar-refractivity contribution in [1.82, 2.24) is 5.32 Å². The highest BCUT2D eigenvalue weighted by atomic mass is 31.2. The molecule has 0 aliphatic heterocycles. The van der Waals surface area contributed by atoms with Crippen LogP contribution in [0.5, 0.6) is 0 Å². The first-order valence-corrected chi connectivity index (χ1v) is 4.22. The molecule has 5 heteroatoms. The molecule has 0 heterocycles. The Balaban J connectivity index is 4.10. The normalized spacial score (nSPS) is 11.8. The van der Waals surface area contributed by atoms with E-state index in [1.54, 1.807) is 13.0 Å². The molecule has 0 atom stereocenters. The highest BCUT2D eigenvalue weighted by Crippen LogP contribution is 2.43. The van der Waals surface area contributed by atoms with Crippen LogP contribution in [0.4, 0.5) is 0 Å². The molecule has 0 fully saturated rings. The van der Waals surface area contributed by atoms with Gasteiger partial charge in [0.05, 0.1) is 5.44 Å². The number of rotatable bonds is 5. The van der Waals surface area contributed by atoms with Gasteiger partial charge in [-0.3, -0.25) is 4.79 Å². The Hall–Kier alpha value is -0.440. The fourth-order valence-corrected chi connectivity index (χ4v) is 1.48. The molecule has 0 radical (unpaired) electrons. The molecule has 64 valence electrons. The first kappa shape index (κ1) is 10.6. The van der Waals surface area contributed by atoms with Crippen LogP contribution in [-0.4, -0.2) is 20.6 Å². The zero-order valence-electron chi connectivity index (χ0n) is 6.83. The maximum atomic E-state index is 10.1. The van der Waals surface area contributed by atoms with E-state index in [9.17, 15) is 4.79 Å². The van der Waals surface area contributed by atoms with E-state index < -0.39 is 8.38 Å². The number of hydrogen-bond donors (Lipinski definition) is 1. The van der Waals surface area contributed by atoms with Crippen LogP contribution in [0.25, 0.3) is 0 Å². The summed E-state index contributed by atoms with van der Waals surface area (Å²) in [5, 5.41) is 2.49. The van der Waals surface area contributed by atoms with E-state index in [0.29, 0.717) is 11.8 Å². The second kappa shape index (κ2) is 6.28. The highest BCUT2D eigenvalue weighted by Gasteiger charge is 2.11. The third-order valence-corrected chi connectivity index (χ3v) is 2.45. The van der Waals surface area contributed by atoms with E-state index in [0.717, 1.165) is 0 Å². The first-order chi connectivity index (χ1) is 5.29. The lowest BCUT2D eigenvalue weighted by atomic mass is 10.7. The zero-order valence-corrected chi connectivity index (χ0v) is 7.72. The van der Waals surface area contributed by atoms with Crippen LogP contribution in [-0.2, 0) is 13.8 Å². The van der Waals surface area contributed by atoms with Gasteiger partial charge in [0.25, 0.3) is 0 Å². The van der Waals surface area contributed by atoms with Gasteiger partial charge in [-0.05, 0) is 6.92 Å². The van der Waals surface area contributed by atoms with Crippen molar-refractivity contribution in [3.8, 4) is 0 Å². The van der Waals surface area contributed by atoms with Crippen LogP contribution in [0.15, 0.2) is 11.5 Å². The Morgan fingerprint density at radius 1 is 1.45 bits per heavy atom. The molecule has 0 aromatic carbocycles. The van der Waals surface area contributed by atoms with Gasteiger partial charge in [0.1, 0.15) is 0 Å². The first-order valence-electron chi connectivity index (χ1n) is 3.05. The summed E-state index contributed by atoms with van der Waals surface area (Å²) in [5.41, 5.74) is 0.667. The molecular weight excluding hydrogens is 165 g/mol. The fraction of sp³-hybridized carbons (Fsp3) is 0.500. The molecular formula is C6H12NO3P. The van der Waals surface area contributed by atoms with Gasteiger partial charge in [-0.25, -0.2) is 0 Å². The van der Waals surface area contributed by atoms with Gasteiger partial charge < -0.3 is 14.4 Å². The second-order valence-corrected chi connectivity index (χ2v) is 3.28. The molecule has 0 saturated heterocycles. The number of nitrogens with one attached hydrogen (secondary N) is 1. The summed E-state index contributed by atoms with van der Waals surface area (Å²) in [6.45, 7) is 1.80. The maximum Gasteiger partial charge on any atom is 0.221 e. The predicted molar refractivity (Wildman–Crippen MR) is 43.9 cm³/mol. The molecule has 0 aliphatic rings. The summed E-state index contributed by atoms with van der Waals surface area (Å²) in [6, 6.07) is 0. The lowest BCUT2D eigenvalue weighted by Crippen LogP contribution is -2.09. The smallest absolute Gasteiger partial charge is 0.221 e. The van der Waals surface area contributed by atoms with Gasteiger partial charge >= 0.3 is 0 Å². The standard InChI is InChI=1S/C6H12NO3P/c1-4-6(7-5-8)11(9-2)10-3/h4-5H,1-3H3,(H,7,8)/b6-4-. The maximum absolute atomic E-state index is 10.1. The third kappa shape index (κ3) is 3.46. The minimum absolute atomic E-state index is 0.600. The molecule has 0 aromatic heterocycles. The molecule has 1 amide bonds. The van der Waals surface area contributed by atoms with Crippen LogP contribution in [0.1, 0.15) is 6.92 Å². The average molecular weight is 177 g/mol. The van der Waals surface area contributed by atoms with Crippen LogP contribution < -0.4 is 5.32 Å². The van der Waals surface area contributed by atoms with Crippen molar-refractivity contribution < 1.29 is 13.8 Å². The van der Waals surface area contributed by atoms with Gasteiger partial charge in [-0.2, -0.15) is 0 Å². The Bertz CT molecular complexity index is 145. The quantitative estimate of drug-likeness (QED) is 0.507. The SMILES string of the molecule is C/C=C(/NC=O)P(OC)OC. The van der Waals surface area contributed by atoms with Crippen molar-refractivity contribution in [3.05, 3.63) is 11.5 Å². The minimum Gasteiger partial charge on any atom is -0.333 e. The molecule has 0 saturated carbocycles. The van der Waals surface area contributed by atoms with Crippen molar-refractivity contribution in [2.24, 2.45) is 0 Å². The molecule has 1 N–H and O–H groups in total. The summed E-state index contributed by atoms with van der Waals surface area (Å²) in [4.78, 5) is 10.1. The Morgan fingerprint density at radius 3 is 2.27 bits per heavy atom. The van der Waals surface area contributed by atoms with E-state index in [4.69, 9.17) is 9.05 Å². The molecule has 0 spiro atoms. The van der Waals surface area contributed by atoms with Gasteiger partial charge in [-0.15, -0.1) is 0 Å². The van der Waals surface area contributed by atoms with Crippen LogP contribution in [0, 0.1) is 0 Å². The van der Waals surface area contributed by atoms with E-state index >= 15 is 0 Å². The summed E-state index contributed by atoms with van der Waals surface area (Å²) in [6.07, 6.45) is 2.34. The van der Waals surface area contributed by atoms with Crippen molar-refractivity contribution in [1.29, 1.82) is 0 Å². The molecule has 0 rings (SSSR count). The van der Waals surface area contributed by atoms with Crippen LogP contribution >= 0.6 is 8.38 Å². The second-order valence-electron chi connectivity index (χ2n) is 1.56. The van der Waals surface area contributed by atoms with E-state index in [-0.39, 0.29) is 0 Å². The monoisotopic (exact) mass is 177 g/mol. The number of amides is 1. The van der Waals surface area contributed by atoms with Gasteiger partial charge in [0, 0.05) is 14.2 Å². The fourth-order valence-electron chi connectivity index (χ4n) is 0.573. The van der Waals surface area contributed by atoms with Crippen molar-refractivity contribution in [2.75, 3.05) is 14.2 Å². The number of allylic oxidation sites excluding steroid dienone is 1. The van der Waals surface area contributed by atoms with Gasteiger partial charge in [0.15, 0.2) is 0 Å². The molecule has 0 unspecified atom stereocenters. The third-order valence-electron chi connectivity index (χ3n) is 1.01. The summed E-state index contributed by atoms with van der Waals surface area (Å²) < 4.78 is 9.92. The van der Waals surface area contributed by atoms with Gasteiger partial charge in [0.2, 0.25) is 14.8 Å². The van der Waals surface area contributed by atoms with Gasteiger partial charge in [-0.1, -0.05) is 6.08 Å². The Morgan fingerprint density at radius 2 is 2.00 bits per heavy atom. The number of carbonyl (C=O) groups excluding carboxylic acids is 1. The zero-order chi connectivity index (χ0) is 8.69. The van der Waals surface area contributed by atoms with Crippen LogP contribution in [0.3, 0.4) is 0 Å². The topological polar surface area (TPSA) is 47.6 Å². The lowest BCUT2D eigenvalue weighted by molar-refractivity contribution is -0.108. The highest BCUT2D eigenvalue weighted by molar-refractivity contribution is 7.52. The lowest BCUT2D eigenvalue weighted by Gasteiger charge is -2.13. The van der Waals surface area contributed by atoms with Crippen LogP contribution in [0.2, 0.25) is 0 Å². The van der Waals surface area contributed by atoms with Crippen molar-refractivity contribution in [2.45, 2.75) is 6.92 Å². The summed E-state index contributed by atoms with van der Waals surface area (Å²) >= 11 is 0. The van der Waals surface area contributed by atoms with E-state index in [1.807, 2.05) is 0 Å². The molecule has 0 aromatic rings. The van der Waals surface area contributed by atoms with Crippen molar-refractivity contribution >= 4 is 14.8 Å². The average Bonchev–Trinajstić information content (AvgIpc) is 2.05. The summed E-state index contributed by atoms with van der Waals surface area (Å²) in [5.74, 6) is 0. The Labute approximate surface area is 67.5 Å². The molecule has 0 bridgehead atoms. The van der Waals surface area contributed by atoms with E-state index in [2.05, 4.69) is 5.32 Å². The van der Waals surface area contributed by atoms with Crippen molar-refractivity contribution in [3.63, 3.8) is 0 Å². The number of hydrogen-bond acceptors (Lipinski definition) is 3. The summed E-state index contributed by atoms with van der Waals surface area (Å²) in [7, 11) is 1.96. The predicted octanol–water partition coefficient (Wildman–Crippen LogP) is 1.20. The largest absolute Gasteiger partial charge is 0.333 e. The Kier molecular flexibility index (Phi) is 6.03. The van der Waals surface area contributed by atoms with E-state index in [1.165, 1.54) is 14.2 Å².